The van der Waals surface area contributed by atoms with Crippen LogP contribution in [-0.2, 0) is 11.3 Å². The van der Waals surface area contributed by atoms with Crippen molar-refractivity contribution >= 4 is 21.8 Å². The zero-order chi connectivity index (χ0) is 12.1. The summed E-state index contributed by atoms with van der Waals surface area (Å²) in [6.45, 7) is 2.35. The third-order valence-corrected chi connectivity index (χ3v) is 3.07. The summed E-state index contributed by atoms with van der Waals surface area (Å²) in [5.74, 6) is -0.639. The van der Waals surface area contributed by atoms with Crippen LogP contribution < -0.4 is 11.1 Å². The molecule has 0 aliphatic heterocycles. The van der Waals surface area contributed by atoms with Crippen LogP contribution in [0.5, 0.6) is 0 Å². The van der Waals surface area contributed by atoms with Crippen molar-refractivity contribution in [1.29, 1.82) is 0 Å². The second-order valence-electron chi connectivity index (χ2n) is 3.67. The number of carbonyl (C=O) groups excluding carboxylic acids is 1. The second kappa shape index (κ2) is 5.96. The van der Waals surface area contributed by atoms with Crippen LogP contribution in [0, 0.1) is 5.82 Å². The van der Waals surface area contributed by atoms with Gasteiger partial charge in [-0.15, -0.1) is 0 Å². The van der Waals surface area contributed by atoms with Gasteiger partial charge in [-0.05, 0) is 34.5 Å². The van der Waals surface area contributed by atoms with Gasteiger partial charge < -0.3 is 11.1 Å². The van der Waals surface area contributed by atoms with Gasteiger partial charge >= 0.3 is 0 Å². The maximum Gasteiger partial charge on any atom is 0.218 e. The van der Waals surface area contributed by atoms with Gasteiger partial charge in [0.05, 0.1) is 4.47 Å². The lowest BCUT2D eigenvalue weighted by Gasteiger charge is -2.12. The van der Waals surface area contributed by atoms with Crippen molar-refractivity contribution in [1.82, 2.24) is 5.32 Å². The minimum atomic E-state index is -0.349. The predicted molar refractivity (Wildman–Crippen MR) is 64.2 cm³/mol. The number of hydrogen-bond acceptors (Lipinski definition) is 2. The third kappa shape index (κ3) is 3.90. The molecule has 3 N–H and O–H groups in total. The van der Waals surface area contributed by atoms with Gasteiger partial charge in [0.15, 0.2) is 0 Å². The van der Waals surface area contributed by atoms with Crippen LogP contribution in [-0.4, -0.2) is 11.9 Å². The Morgan fingerprint density at radius 3 is 2.94 bits per heavy atom. The van der Waals surface area contributed by atoms with Crippen molar-refractivity contribution in [2.24, 2.45) is 5.73 Å². The lowest BCUT2D eigenvalue weighted by Crippen LogP contribution is -2.30. The number of rotatable bonds is 5. The Hall–Kier alpha value is -0.940. The van der Waals surface area contributed by atoms with Gasteiger partial charge in [0, 0.05) is 19.0 Å². The number of carbonyl (C=O) groups is 1. The van der Waals surface area contributed by atoms with E-state index in [2.05, 4.69) is 21.2 Å². The van der Waals surface area contributed by atoms with Gasteiger partial charge in [0.1, 0.15) is 5.82 Å². The van der Waals surface area contributed by atoms with Crippen LogP contribution in [0.2, 0.25) is 0 Å². The molecule has 1 rings (SSSR count). The van der Waals surface area contributed by atoms with E-state index in [9.17, 15) is 9.18 Å². The average Bonchev–Trinajstić information content (AvgIpc) is 2.19. The molecule has 0 spiro atoms. The molecule has 1 unspecified atom stereocenters. The molecule has 0 radical (unpaired) electrons. The van der Waals surface area contributed by atoms with Crippen molar-refractivity contribution in [3.8, 4) is 0 Å². The molecule has 0 aliphatic rings. The first-order chi connectivity index (χ1) is 7.50. The Morgan fingerprint density at radius 1 is 1.62 bits per heavy atom. The number of hydrogen-bond donors (Lipinski definition) is 2. The molecule has 16 heavy (non-hydrogen) atoms. The number of benzene rings is 1. The maximum atomic E-state index is 13.2. The second-order valence-corrected chi connectivity index (χ2v) is 4.46. The molecule has 88 valence electrons. The van der Waals surface area contributed by atoms with E-state index in [-0.39, 0.29) is 24.2 Å². The molecule has 5 heteroatoms. The van der Waals surface area contributed by atoms with E-state index in [1.165, 1.54) is 6.07 Å². The van der Waals surface area contributed by atoms with Crippen LogP contribution in [0.15, 0.2) is 22.7 Å². The summed E-state index contributed by atoms with van der Waals surface area (Å²) in [5.41, 5.74) is 5.88. The van der Waals surface area contributed by atoms with Crippen molar-refractivity contribution in [3.05, 3.63) is 34.1 Å². The topological polar surface area (TPSA) is 55.1 Å². The highest BCUT2D eigenvalue weighted by Crippen LogP contribution is 2.20. The van der Waals surface area contributed by atoms with E-state index in [1.807, 2.05) is 13.0 Å². The molecule has 1 aromatic carbocycles. The molecular weight excluding hydrogens is 275 g/mol. The van der Waals surface area contributed by atoms with E-state index < -0.39 is 0 Å². The van der Waals surface area contributed by atoms with Crippen LogP contribution in [0.4, 0.5) is 4.39 Å². The van der Waals surface area contributed by atoms with Crippen LogP contribution in [0.1, 0.15) is 18.9 Å². The third-order valence-electron chi connectivity index (χ3n) is 2.18. The minimum Gasteiger partial charge on any atom is -0.370 e. The Morgan fingerprint density at radius 2 is 2.31 bits per heavy atom. The normalized spacial score (nSPS) is 12.4. The van der Waals surface area contributed by atoms with Gasteiger partial charge in [-0.3, -0.25) is 4.79 Å². The van der Waals surface area contributed by atoms with E-state index >= 15 is 0 Å². The Kier molecular flexibility index (Phi) is 4.89. The van der Waals surface area contributed by atoms with Crippen LogP contribution >= 0.6 is 15.9 Å². The smallest absolute Gasteiger partial charge is 0.218 e. The largest absolute Gasteiger partial charge is 0.370 e. The summed E-state index contributed by atoms with van der Waals surface area (Å²) in [5, 5.41) is 3.10. The molecule has 1 aromatic rings. The molecule has 3 nitrogen and oxygen atoms in total. The summed E-state index contributed by atoms with van der Waals surface area (Å²) < 4.78 is 13.6. The fraction of sp³-hybridized carbons (Fsp3) is 0.364. The molecule has 0 aromatic heterocycles. The van der Waals surface area contributed by atoms with Gasteiger partial charge in [-0.2, -0.15) is 0 Å². The average molecular weight is 289 g/mol. The van der Waals surface area contributed by atoms with Crippen molar-refractivity contribution in [2.75, 3.05) is 0 Å². The van der Waals surface area contributed by atoms with Crippen molar-refractivity contribution < 1.29 is 9.18 Å². The van der Waals surface area contributed by atoms with Gasteiger partial charge in [-0.25, -0.2) is 4.39 Å². The summed E-state index contributed by atoms with van der Waals surface area (Å²) >= 11 is 3.17. The lowest BCUT2D eigenvalue weighted by molar-refractivity contribution is -0.118. The summed E-state index contributed by atoms with van der Waals surface area (Å²) in [7, 11) is 0. The highest BCUT2D eigenvalue weighted by Gasteiger charge is 2.08. The van der Waals surface area contributed by atoms with Gasteiger partial charge in [-0.1, -0.05) is 12.1 Å². The Labute approximate surface area is 102 Å². The van der Waals surface area contributed by atoms with Crippen LogP contribution in [0.25, 0.3) is 0 Å². The molecule has 0 aliphatic carbocycles. The lowest BCUT2D eigenvalue weighted by atomic mass is 10.2. The molecule has 0 bridgehead atoms. The zero-order valence-electron chi connectivity index (χ0n) is 8.97. The quantitative estimate of drug-likeness (QED) is 0.870. The summed E-state index contributed by atoms with van der Waals surface area (Å²) in [6.07, 6.45) is 0.271. The number of nitrogens with one attached hydrogen (secondary N) is 1. The minimum absolute atomic E-state index is 0.0207. The van der Waals surface area contributed by atoms with Gasteiger partial charge in [0.25, 0.3) is 0 Å². The number of primary amides is 1. The molecule has 0 fully saturated rings. The number of amides is 1. The molecule has 1 amide bonds. The van der Waals surface area contributed by atoms with E-state index in [0.717, 1.165) is 5.56 Å². The molecule has 1 atom stereocenters. The van der Waals surface area contributed by atoms with Crippen molar-refractivity contribution in [3.63, 3.8) is 0 Å². The number of halogens is 2. The van der Waals surface area contributed by atoms with E-state index in [4.69, 9.17) is 5.73 Å². The molecule has 0 saturated carbocycles. The summed E-state index contributed by atoms with van der Waals surface area (Å²) in [6, 6.07) is 4.83. The fourth-order valence-electron chi connectivity index (χ4n) is 1.34. The van der Waals surface area contributed by atoms with Gasteiger partial charge in [0.2, 0.25) is 5.91 Å². The standard InChI is InChI=1S/C11H14BrFN2O/c1-7(5-10(14)16)15-6-8-3-2-4-9(13)11(8)12/h2-4,7,15H,5-6H2,1H3,(H2,14,16). The zero-order valence-corrected chi connectivity index (χ0v) is 10.6. The fourth-order valence-corrected chi connectivity index (χ4v) is 1.75. The van der Waals surface area contributed by atoms with Crippen LogP contribution in [0.3, 0.4) is 0 Å². The number of nitrogens with two attached hydrogens (primary N) is 1. The monoisotopic (exact) mass is 288 g/mol. The summed E-state index contributed by atoms with van der Waals surface area (Å²) in [4.78, 5) is 10.7. The Balaban J connectivity index is 2.54. The first-order valence-electron chi connectivity index (χ1n) is 4.95. The maximum absolute atomic E-state index is 13.2. The first-order valence-corrected chi connectivity index (χ1v) is 5.74. The first kappa shape index (κ1) is 13.1. The van der Waals surface area contributed by atoms with E-state index in [1.54, 1.807) is 6.07 Å². The van der Waals surface area contributed by atoms with Crippen molar-refractivity contribution in [2.45, 2.75) is 25.9 Å². The molecular formula is C11H14BrFN2O. The Bertz CT molecular complexity index is 384. The van der Waals surface area contributed by atoms with E-state index in [0.29, 0.717) is 11.0 Å². The highest BCUT2D eigenvalue weighted by molar-refractivity contribution is 9.10. The molecule has 0 saturated heterocycles. The SMILES string of the molecule is CC(CC(N)=O)NCc1cccc(F)c1Br. The molecule has 0 heterocycles. The highest BCUT2D eigenvalue weighted by atomic mass is 79.9. The predicted octanol–water partition coefficient (Wildman–Crippen LogP) is 1.94.